The number of aryl methyl sites for hydroxylation is 2. The van der Waals surface area contributed by atoms with Gasteiger partial charge in [0.15, 0.2) is 5.82 Å². The van der Waals surface area contributed by atoms with Gasteiger partial charge in [-0.1, -0.05) is 18.2 Å². The Kier molecular flexibility index (Phi) is 2.72. The fraction of sp³-hybridized carbons (Fsp3) is 0.167. The summed E-state index contributed by atoms with van der Waals surface area (Å²) in [5.41, 5.74) is 3.12. The van der Waals surface area contributed by atoms with E-state index >= 15 is 0 Å². The fourth-order valence-corrected chi connectivity index (χ4v) is 1.55. The average Bonchev–Trinajstić information content (AvgIpc) is 2.26. The SMILES string of the molecule is Cc1cccc(C)c1Nc1ccc(=O)[nH]n1. The van der Waals surface area contributed by atoms with Crippen LogP contribution in [0.1, 0.15) is 11.1 Å². The second-order valence-electron chi connectivity index (χ2n) is 3.70. The first-order valence-corrected chi connectivity index (χ1v) is 5.06. The summed E-state index contributed by atoms with van der Waals surface area (Å²) in [5, 5.41) is 9.48. The molecule has 2 rings (SSSR count). The number of hydrogen-bond acceptors (Lipinski definition) is 3. The number of benzene rings is 1. The zero-order valence-electron chi connectivity index (χ0n) is 9.24. The molecule has 0 radical (unpaired) electrons. The number of aromatic nitrogens is 2. The molecular formula is C12H13N3O. The quantitative estimate of drug-likeness (QED) is 0.806. The lowest BCUT2D eigenvalue weighted by atomic mass is 10.1. The van der Waals surface area contributed by atoms with E-state index in [0.717, 1.165) is 16.8 Å². The summed E-state index contributed by atoms with van der Waals surface area (Å²) < 4.78 is 0. The van der Waals surface area contributed by atoms with Gasteiger partial charge in [0.25, 0.3) is 5.56 Å². The van der Waals surface area contributed by atoms with Crippen molar-refractivity contribution < 1.29 is 0 Å². The molecule has 0 bridgehead atoms. The van der Waals surface area contributed by atoms with E-state index in [1.54, 1.807) is 6.07 Å². The van der Waals surface area contributed by atoms with Gasteiger partial charge in [-0.15, -0.1) is 0 Å². The first-order valence-electron chi connectivity index (χ1n) is 5.06. The Morgan fingerprint density at radius 1 is 1.12 bits per heavy atom. The first kappa shape index (κ1) is 10.4. The van der Waals surface area contributed by atoms with E-state index in [0.29, 0.717) is 5.82 Å². The van der Waals surface area contributed by atoms with E-state index in [1.807, 2.05) is 32.0 Å². The minimum atomic E-state index is -0.202. The number of aromatic amines is 1. The van der Waals surface area contributed by atoms with Crippen LogP contribution in [-0.2, 0) is 0 Å². The standard InChI is InChI=1S/C12H13N3O/c1-8-4-3-5-9(2)12(8)13-10-6-7-11(16)15-14-10/h3-7H,1-2H3,(H,13,14)(H,15,16). The van der Waals surface area contributed by atoms with Crippen LogP contribution in [0.15, 0.2) is 35.1 Å². The highest BCUT2D eigenvalue weighted by Gasteiger charge is 2.02. The van der Waals surface area contributed by atoms with Crippen LogP contribution >= 0.6 is 0 Å². The van der Waals surface area contributed by atoms with E-state index in [1.165, 1.54) is 6.07 Å². The maximum Gasteiger partial charge on any atom is 0.264 e. The molecule has 1 heterocycles. The average molecular weight is 215 g/mol. The van der Waals surface area contributed by atoms with Crippen molar-refractivity contribution in [3.05, 3.63) is 51.8 Å². The maximum atomic E-state index is 10.9. The molecule has 0 amide bonds. The van der Waals surface area contributed by atoms with Crippen molar-refractivity contribution >= 4 is 11.5 Å². The molecule has 0 aliphatic carbocycles. The van der Waals surface area contributed by atoms with Gasteiger partial charge in [-0.25, -0.2) is 5.10 Å². The maximum absolute atomic E-state index is 10.9. The molecule has 0 aliphatic heterocycles. The van der Waals surface area contributed by atoms with Crippen LogP contribution in [-0.4, -0.2) is 10.2 Å². The van der Waals surface area contributed by atoms with Crippen molar-refractivity contribution in [3.63, 3.8) is 0 Å². The van der Waals surface area contributed by atoms with E-state index in [9.17, 15) is 4.79 Å². The van der Waals surface area contributed by atoms with Crippen LogP contribution < -0.4 is 10.9 Å². The van der Waals surface area contributed by atoms with Crippen molar-refractivity contribution in [1.29, 1.82) is 0 Å². The molecule has 1 aromatic heterocycles. The monoisotopic (exact) mass is 215 g/mol. The lowest BCUT2D eigenvalue weighted by Gasteiger charge is -2.10. The van der Waals surface area contributed by atoms with Crippen LogP contribution in [0.2, 0.25) is 0 Å². The van der Waals surface area contributed by atoms with Crippen LogP contribution in [0, 0.1) is 13.8 Å². The van der Waals surface area contributed by atoms with Gasteiger partial charge in [-0.3, -0.25) is 4.79 Å². The molecule has 0 unspecified atom stereocenters. The Morgan fingerprint density at radius 3 is 2.38 bits per heavy atom. The third-order valence-electron chi connectivity index (χ3n) is 2.41. The van der Waals surface area contributed by atoms with Crippen molar-refractivity contribution in [2.45, 2.75) is 13.8 Å². The number of nitrogens with one attached hydrogen (secondary N) is 2. The number of hydrogen-bond donors (Lipinski definition) is 2. The minimum Gasteiger partial charge on any atom is -0.338 e. The lowest BCUT2D eigenvalue weighted by molar-refractivity contribution is 0.993. The highest BCUT2D eigenvalue weighted by Crippen LogP contribution is 2.22. The van der Waals surface area contributed by atoms with Gasteiger partial charge in [0, 0.05) is 11.8 Å². The normalized spacial score (nSPS) is 10.1. The van der Waals surface area contributed by atoms with E-state index in [2.05, 4.69) is 15.5 Å². The second kappa shape index (κ2) is 4.18. The lowest BCUT2D eigenvalue weighted by Crippen LogP contribution is -2.07. The molecule has 2 N–H and O–H groups in total. The summed E-state index contributed by atoms with van der Waals surface area (Å²) in [4.78, 5) is 10.9. The number of para-hydroxylation sites is 1. The van der Waals surface area contributed by atoms with Crippen molar-refractivity contribution in [2.24, 2.45) is 0 Å². The number of rotatable bonds is 2. The van der Waals surface area contributed by atoms with Gasteiger partial charge in [-0.05, 0) is 31.0 Å². The second-order valence-corrected chi connectivity index (χ2v) is 3.70. The van der Waals surface area contributed by atoms with Gasteiger partial charge < -0.3 is 5.32 Å². The third-order valence-corrected chi connectivity index (χ3v) is 2.41. The summed E-state index contributed by atoms with van der Waals surface area (Å²) in [6.07, 6.45) is 0. The predicted molar refractivity (Wildman–Crippen MR) is 64.1 cm³/mol. The first-order chi connectivity index (χ1) is 7.66. The Hall–Kier alpha value is -2.10. The summed E-state index contributed by atoms with van der Waals surface area (Å²) >= 11 is 0. The highest BCUT2D eigenvalue weighted by molar-refractivity contribution is 5.63. The van der Waals surface area contributed by atoms with E-state index in [-0.39, 0.29) is 5.56 Å². The molecule has 0 fully saturated rings. The molecule has 2 aromatic rings. The van der Waals surface area contributed by atoms with E-state index in [4.69, 9.17) is 0 Å². The van der Waals surface area contributed by atoms with Gasteiger partial charge >= 0.3 is 0 Å². The molecule has 16 heavy (non-hydrogen) atoms. The number of H-pyrrole nitrogens is 1. The summed E-state index contributed by atoms with van der Waals surface area (Å²) in [6.45, 7) is 4.06. The Labute approximate surface area is 93.3 Å². The third kappa shape index (κ3) is 2.11. The summed E-state index contributed by atoms with van der Waals surface area (Å²) in [5.74, 6) is 0.636. The topological polar surface area (TPSA) is 57.8 Å². The molecule has 4 heteroatoms. The van der Waals surface area contributed by atoms with Gasteiger partial charge in [0.2, 0.25) is 0 Å². The molecule has 0 saturated carbocycles. The minimum absolute atomic E-state index is 0.202. The van der Waals surface area contributed by atoms with Crippen molar-refractivity contribution in [1.82, 2.24) is 10.2 Å². The van der Waals surface area contributed by atoms with Crippen molar-refractivity contribution in [2.75, 3.05) is 5.32 Å². The van der Waals surface area contributed by atoms with Crippen LogP contribution in [0.5, 0.6) is 0 Å². The van der Waals surface area contributed by atoms with Gasteiger partial charge in [0.05, 0.1) is 0 Å². The van der Waals surface area contributed by atoms with Crippen molar-refractivity contribution in [3.8, 4) is 0 Å². The molecule has 1 aromatic carbocycles. The molecule has 0 atom stereocenters. The van der Waals surface area contributed by atoms with Gasteiger partial charge in [0.1, 0.15) is 0 Å². The predicted octanol–water partition coefficient (Wildman–Crippen LogP) is 2.13. The molecule has 0 aliphatic rings. The zero-order valence-corrected chi connectivity index (χ0v) is 9.24. The molecular weight excluding hydrogens is 202 g/mol. The highest BCUT2D eigenvalue weighted by atomic mass is 16.1. The number of nitrogens with zero attached hydrogens (tertiary/aromatic N) is 1. The molecule has 0 saturated heterocycles. The summed E-state index contributed by atoms with van der Waals surface area (Å²) in [6, 6.07) is 9.17. The number of anilines is 2. The van der Waals surface area contributed by atoms with Gasteiger partial charge in [-0.2, -0.15) is 5.10 Å². The van der Waals surface area contributed by atoms with Crippen LogP contribution in [0.3, 0.4) is 0 Å². The van der Waals surface area contributed by atoms with Crippen LogP contribution in [0.25, 0.3) is 0 Å². The molecule has 4 nitrogen and oxygen atoms in total. The largest absolute Gasteiger partial charge is 0.338 e. The van der Waals surface area contributed by atoms with Crippen LogP contribution in [0.4, 0.5) is 11.5 Å². The fourth-order valence-electron chi connectivity index (χ4n) is 1.55. The van der Waals surface area contributed by atoms with E-state index < -0.39 is 0 Å². The Morgan fingerprint density at radius 2 is 1.81 bits per heavy atom. The summed E-state index contributed by atoms with van der Waals surface area (Å²) in [7, 11) is 0. The zero-order chi connectivity index (χ0) is 11.5. The molecule has 82 valence electrons. The Bertz CT molecular complexity index is 520. The molecule has 0 spiro atoms. The smallest absolute Gasteiger partial charge is 0.264 e. The Balaban J connectivity index is 2.34.